The summed E-state index contributed by atoms with van der Waals surface area (Å²) in [6.07, 6.45) is 5.42. The van der Waals surface area contributed by atoms with Gasteiger partial charge in [-0.1, -0.05) is 26.2 Å². The molecule has 1 aromatic heterocycles. The number of carbonyl (C=O) groups excluding carboxylic acids is 1. The van der Waals surface area contributed by atoms with Crippen LogP contribution in [0.5, 0.6) is 5.75 Å². The number of fused-ring (bicyclic) bond motifs is 1. The molecule has 0 saturated heterocycles. The molecule has 0 aliphatic heterocycles. The van der Waals surface area contributed by atoms with E-state index in [4.69, 9.17) is 9.15 Å². The Hall–Kier alpha value is -2.10. The lowest BCUT2D eigenvalue weighted by molar-refractivity contribution is -0.131. The summed E-state index contributed by atoms with van der Waals surface area (Å²) in [6, 6.07) is 5.10. The Morgan fingerprint density at radius 1 is 1.18 bits per heavy atom. The van der Waals surface area contributed by atoms with E-state index in [2.05, 4.69) is 6.92 Å². The first-order valence-corrected chi connectivity index (χ1v) is 7.77. The molecule has 0 bridgehead atoms. The molecule has 0 aliphatic carbocycles. The van der Waals surface area contributed by atoms with Gasteiger partial charge in [-0.3, -0.25) is 4.79 Å². The standard InChI is InChI=1S/C18H22O4/c1-4-5-6-7-8-14-10-15-12(2)9-18(20)22-17(15)11-16(14)21-13(3)19/h9-11H,4-8H2,1-3H3. The number of unbranched alkanes of at least 4 members (excludes halogenated alkanes) is 3. The van der Waals surface area contributed by atoms with Crippen LogP contribution < -0.4 is 10.4 Å². The lowest BCUT2D eigenvalue weighted by Gasteiger charge is -2.11. The van der Waals surface area contributed by atoms with Crippen LogP contribution in [-0.4, -0.2) is 5.97 Å². The van der Waals surface area contributed by atoms with Crippen LogP contribution >= 0.6 is 0 Å². The van der Waals surface area contributed by atoms with Crippen LogP contribution in [0.1, 0.15) is 50.7 Å². The van der Waals surface area contributed by atoms with E-state index in [1.54, 1.807) is 6.07 Å². The largest absolute Gasteiger partial charge is 0.426 e. The molecular weight excluding hydrogens is 280 g/mol. The van der Waals surface area contributed by atoms with Gasteiger partial charge >= 0.3 is 11.6 Å². The maximum Gasteiger partial charge on any atom is 0.336 e. The average molecular weight is 302 g/mol. The Labute approximate surface area is 130 Å². The summed E-state index contributed by atoms with van der Waals surface area (Å²) in [5.41, 5.74) is 1.92. The van der Waals surface area contributed by atoms with E-state index in [9.17, 15) is 9.59 Å². The van der Waals surface area contributed by atoms with Crippen LogP contribution in [0.2, 0.25) is 0 Å². The van der Waals surface area contributed by atoms with Crippen molar-refractivity contribution < 1.29 is 13.9 Å². The van der Waals surface area contributed by atoms with E-state index >= 15 is 0 Å². The Kier molecular flexibility index (Phi) is 5.36. The average Bonchev–Trinajstić information content (AvgIpc) is 2.43. The SMILES string of the molecule is CCCCCCc1cc2c(C)cc(=O)oc2cc1OC(C)=O. The third-order valence-corrected chi connectivity index (χ3v) is 3.69. The first kappa shape index (κ1) is 16.3. The fourth-order valence-electron chi connectivity index (χ4n) is 2.58. The van der Waals surface area contributed by atoms with Crippen molar-refractivity contribution in [2.24, 2.45) is 0 Å². The molecule has 0 spiro atoms. The Balaban J connectivity index is 2.41. The van der Waals surface area contributed by atoms with Gasteiger partial charge in [0.1, 0.15) is 11.3 Å². The summed E-state index contributed by atoms with van der Waals surface area (Å²) >= 11 is 0. The van der Waals surface area contributed by atoms with Crippen molar-refractivity contribution in [2.75, 3.05) is 0 Å². The first-order chi connectivity index (χ1) is 10.5. The molecule has 0 saturated carbocycles. The molecule has 0 unspecified atom stereocenters. The summed E-state index contributed by atoms with van der Waals surface area (Å²) in [5.74, 6) is 0.120. The molecular formula is C18H22O4. The zero-order valence-electron chi connectivity index (χ0n) is 13.4. The predicted octanol–water partition coefficient (Wildman–Crippen LogP) is 4.15. The second kappa shape index (κ2) is 7.25. The zero-order chi connectivity index (χ0) is 16.1. The highest BCUT2D eigenvalue weighted by Gasteiger charge is 2.12. The monoisotopic (exact) mass is 302 g/mol. The fourth-order valence-corrected chi connectivity index (χ4v) is 2.58. The zero-order valence-corrected chi connectivity index (χ0v) is 13.4. The smallest absolute Gasteiger partial charge is 0.336 e. The van der Waals surface area contributed by atoms with Crippen molar-refractivity contribution in [2.45, 2.75) is 52.9 Å². The first-order valence-electron chi connectivity index (χ1n) is 7.77. The van der Waals surface area contributed by atoms with Crippen molar-refractivity contribution in [1.82, 2.24) is 0 Å². The second-order valence-corrected chi connectivity index (χ2v) is 5.61. The molecule has 1 heterocycles. The summed E-state index contributed by atoms with van der Waals surface area (Å²) < 4.78 is 10.5. The van der Waals surface area contributed by atoms with E-state index in [0.717, 1.165) is 35.8 Å². The molecule has 118 valence electrons. The molecule has 22 heavy (non-hydrogen) atoms. The number of aryl methyl sites for hydroxylation is 2. The van der Waals surface area contributed by atoms with Crippen molar-refractivity contribution in [3.8, 4) is 5.75 Å². The van der Waals surface area contributed by atoms with Crippen molar-refractivity contribution >= 4 is 16.9 Å². The summed E-state index contributed by atoms with van der Waals surface area (Å²) in [7, 11) is 0. The minimum absolute atomic E-state index is 0.371. The van der Waals surface area contributed by atoms with Crippen LogP contribution in [-0.2, 0) is 11.2 Å². The normalized spacial score (nSPS) is 10.9. The van der Waals surface area contributed by atoms with Crippen LogP contribution in [0.25, 0.3) is 11.0 Å². The van der Waals surface area contributed by atoms with E-state index in [1.807, 2.05) is 13.0 Å². The van der Waals surface area contributed by atoms with Gasteiger partial charge in [-0.25, -0.2) is 4.79 Å². The van der Waals surface area contributed by atoms with Crippen molar-refractivity contribution in [3.05, 3.63) is 39.7 Å². The van der Waals surface area contributed by atoms with Crippen molar-refractivity contribution in [3.63, 3.8) is 0 Å². The van der Waals surface area contributed by atoms with Crippen LogP contribution in [0.4, 0.5) is 0 Å². The van der Waals surface area contributed by atoms with Gasteiger partial charge < -0.3 is 9.15 Å². The summed E-state index contributed by atoms with van der Waals surface area (Å²) in [5, 5.41) is 0.890. The lowest BCUT2D eigenvalue weighted by atomic mass is 10.0. The molecule has 4 nitrogen and oxygen atoms in total. The molecule has 2 aromatic rings. The molecule has 0 fully saturated rings. The maximum atomic E-state index is 11.5. The van der Waals surface area contributed by atoms with E-state index in [0.29, 0.717) is 11.3 Å². The van der Waals surface area contributed by atoms with Gasteiger partial charge in [0.25, 0.3) is 0 Å². The minimum Gasteiger partial charge on any atom is -0.426 e. The van der Waals surface area contributed by atoms with Gasteiger partial charge in [0.05, 0.1) is 0 Å². The predicted molar refractivity (Wildman–Crippen MR) is 86.4 cm³/mol. The van der Waals surface area contributed by atoms with Crippen LogP contribution in [0.15, 0.2) is 27.4 Å². The van der Waals surface area contributed by atoms with Gasteiger partial charge in [0, 0.05) is 24.4 Å². The van der Waals surface area contributed by atoms with Gasteiger partial charge in [0.2, 0.25) is 0 Å². The number of hydrogen-bond donors (Lipinski definition) is 0. The minimum atomic E-state index is -0.394. The topological polar surface area (TPSA) is 56.5 Å². The van der Waals surface area contributed by atoms with E-state index < -0.39 is 5.63 Å². The number of esters is 1. The Morgan fingerprint density at radius 3 is 2.64 bits per heavy atom. The summed E-state index contributed by atoms with van der Waals surface area (Å²) in [4.78, 5) is 22.8. The highest BCUT2D eigenvalue weighted by molar-refractivity contribution is 5.83. The van der Waals surface area contributed by atoms with Gasteiger partial charge in [0.15, 0.2) is 0 Å². The number of rotatable bonds is 6. The third-order valence-electron chi connectivity index (χ3n) is 3.69. The fraction of sp³-hybridized carbons (Fsp3) is 0.444. The second-order valence-electron chi connectivity index (χ2n) is 5.61. The van der Waals surface area contributed by atoms with Gasteiger partial charge in [-0.05, 0) is 37.0 Å². The molecule has 0 radical (unpaired) electrons. The molecule has 1 aromatic carbocycles. The molecule has 4 heteroatoms. The van der Waals surface area contributed by atoms with Crippen LogP contribution in [0, 0.1) is 6.92 Å². The molecule has 0 amide bonds. The highest BCUT2D eigenvalue weighted by atomic mass is 16.5. The van der Waals surface area contributed by atoms with Crippen molar-refractivity contribution in [1.29, 1.82) is 0 Å². The number of ether oxygens (including phenoxy) is 1. The Morgan fingerprint density at radius 2 is 1.95 bits per heavy atom. The Bertz CT molecular complexity index is 728. The lowest BCUT2D eigenvalue weighted by Crippen LogP contribution is -2.05. The molecule has 0 N–H and O–H groups in total. The highest BCUT2D eigenvalue weighted by Crippen LogP contribution is 2.29. The number of carbonyl (C=O) groups is 1. The van der Waals surface area contributed by atoms with Gasteiger partial charge in [-0.15, -0.1) is 0 Å². The van der Waals surface area contributed by atoms with E-state index in [-0.39, 0.29) is 5.97 Å². The number of hydrogen-bond acceptors (Lipinski definition) is 4. The third kappa shape index (κ3) is 3.97. The maximum absolute atomic E-state index is 11.5. The van der Waals surface area contributed by atoms with E-state index in [1.165, 1.54) is 25.8 Å². The summed E-state index contributed by atoms with van der Waals surface area (Å²) in [6.45, 7) is 5.43. The molecule has 0 aliphatic rings. The van der Waals surface area contributed by atoms with Crippen LogP contribution in [0.3, 0.4) is 0 Å². The quantitative estimate of drug-likeness (QED) is 0.348. The molecule has 2 rings (SSSR count). The van der Waals surface area contributed by atoms with Gasteiger partial charge in [-0.2, -0.15) is 0 Å². The number of benzene rings is 1. The molecule has 0 atom stereocenters.